The Morgan fingerprint density at radius 1 is 1.40 bits per heavy atom. The molecule has 0 bridgehead atoms. The highest BCUT2D eigenvalue weighted by atomic mass is 35.5. The molecule has 0 unspecified atom stereocenters. The van der Waals surface area contributed by atoms with Gasteiger partial charge in [-0.15, -0.1) is 3.98 Å². The fourth-order valence-electron chi connectivity index (χ4n) is 0. The van der Waals surface area contributed by atoms with Crippen LogP contribution in [-0.2, 0) is 0 Å². The summed E-state index contributed by atoms with van der Waals surface area (Å²) in [4.78, 5) is 0. The van der Waals surface area contributed by atoms with Crippen LogP contribution in [0.3, 0.4) is 0 Å². The van der Waals surface area contributed by atoms with Crippen molar-refractivity contribution in [1.82, 2.24) is 0 Å². The molecule has 0 aliphatic rings. The van der Waals surface area contributed by atoms with Crippen LogP contribution in [-0.4, -0.2) is 6.13 Å². The van der Waals surface area contributed by atoms with Gasteiger partial charge in [0.15, 0.2) is 6.13 Å². The molecule has 0 radical (unpaired) electrons. The van der Waals surface area contributed by atoms with Crippen molar-refractivity contribution in [2.75, 3.05) is 6.13 Å². The Morgan fingerprint density at radius 2 is 1.40 bits per heavy atom. The molecular formula is CH2Cl2F2. The second-order valence-electron chi connectivity index (χ2n) is 0.101. The minimum absolute atomic E-state index is 0.778. The van der Waals surface area contributed by atoms with E-state index in [0.717, 1.165) is 0 Å². The van der Waals surface area contributed by atoms with Crippen LogP contribution in [0, 0.1) is 0 Å². The Labute approximate surface area is 38.9 Å². The monoisotopic (exact) mass is 122 g/mol. The molecule has 0 aromatic carbocycles. The van der Waals surface area contributed by atoms with Crippen molar-refractivity contribution in [3.05, 3.63) is 0 Å². The Hall–Kier alpha value is 0.440. The third-order valence-electron chi connectivity index (χ3n) is 0. The molecule has 0 saturated carbocycles. The lowest BCUT2D eigenvalue weighted by Gasteiger charge is -1.42. The van der Waals surface area contributed by atoms with E-state index in [1.165, 1.54) is 0 Å². The molecule has 0 aliphatic heterocycles. The molecule has 0 amide bonds. The number of alkyl halides is 2. The first-order valence-electron chi connectivity index (χ1n) is 0.677. The van der Waals surface area contributed by atoms with Gasteiger partial charge in [-0.25, -0.2) is 4.39 Å². The van der Waals surface area contributed by atoms with Gasteiger partial charge in [0.25, 0.3) is 0 Å². The van der Waals surface area contributed by atoms with Gasteiger partial charge in [0.05, 0.1) is 0 Å². The van der Waals surface area contributed by atoms with Crippen LogP contribution in [0.4, 0.5) is 8.37 Å². The molecule has 0 aromatic heterocycles. The van der Waals surface area contributed by atoms with E-state index in [1.54, 1.807) is 0 Å². The Bertz CT molecular complexity index is 7.61. The average molecular weight is 123 g/mol. The zero-order valence-electron chi connectivity index (χ0n) is 2.22. The molecule has 0 saturated heterocycles. The lowest BCUT2D eigenvalue weighted by Crippen LogP contribution is -1.29. The summed E-state index contributed by atoms with van der Waals surface area (Å²) >= 11 is 7.47. The number of hydrogen-bond donors (Lipinski definition) is 0. The van der Waals surface area contributed by atoms with Gasteiger partial charge in [0.2, 0.25) is 0 Å². The molecule has 0 spiro atoms. The van der Waals surface area contributed by atoms with E-state index in [1.807, 2.05) is 0 Å². The molecule has 0 rings (SSSR count). The highest BCUT2D eigenvalue weighted by molar-refractivity contribution is 6.16. The van der Waals surface area contributed by atoms with Crippen molar-refractivity contribution in [3.63, 3.8) is 0 Å². The lowest BCUT2D eigenvalue weighted by molar-refractivity contribution is 0.599. The summed E-state index contributed by atoms with van der Waals surface area (Å²) in [5, 5.41) is 0. The fraction of sp³-hybridized carbons (Fsp3) is 1.00. The summed E-state index contributed by atoms with van der Waals surface area (Å²) in [5.41, 5.74) is 0. The maximum absolute atomic E-state index is 10.1. The predicted molar refractivity (Wildman–Crippen MR) is 18.8 cm³/mol. The van der Waals surface area contributed by atoms with Crippen molar-refractivity contribution in [2.24, 2.45) is 0 Å². The molecule has 0 atom stereocenters. The smallest absolute Gasteiger partial charge is 0.163 e. The molecule has 34 valence electrons. The molecular weight excluding hydrogens is 121 g/mol. The summed E-state index contributed by atoms with van der Waals surface area (Å²) in [6.07, 6.45) is -0.778. The van der Waals surface area contributed by atoms with E-state index in [4.69, 9.17) is 3.98 Å². The zero-order valence-corrected chi connectivity index (χ0v) is 3.73. The Balaban J connectivity index is 0. The van der Waals surface area contributed by atoms with Gasteiger partial charge in [0, 0.05) is 0 Å². The van der Waals surface area contributed by atoms with Crippen LogP contribution in [0.2, 0.25) is 0 Å². The van der Waals surface area contributed by atoms with Crippen molar-refractivity contribution < 1.29 is 8.37 Å². The maximum atomic E-state index is 10.1. The molecule has 0 N–H and O–H groups in total. The van der Waals surface area contributed by atoms with Gasteiger partial charge in [0.1, 0.15) is 12.0 Å². The normalized spacial score (nSPS) is 4.80. The zero-order chi connectivity index (χ0) is 4.71. The van der Waals surface area contributed by atoms with Crippen LogP contribution >= 0.6 is 23.6 Å². The van der Waals surface area contributed by atoms with Crippen LogP contribution in [0.1, 0.15) is 0 Å². The van der Waals surface area contributed by atoms with E-state index >= 15 is 0 Å². The summed E-state index contributed by atoms with van der Waals surface area (Å²) in [6, 6.07) is 0. The highest BCUT2D eigenvalue weighted by Gasteiger charge is 1.43. The van der Waals surface area contributed by atoms with Crippen LogP contribution < -0.4 is 0 Å². The first-order chi connectivity index (χ1) is 2.41. The van der Waals surface area contributed by atoms with Crippen molar-refractivity contribution in [3.8, 4) is 0 Å². The van der Waals surface area contributed by atoms with Crippen LogP contribution in [0.15, 0.2) is 0 Å². The first-order valence-corrected chi connectivity index (χ1v) is 1.50. The molecule has 0 nitrogen and oxygen atoms in total. The molecule has 0 aliphatic carbocycles. The minimum Gasteiger partial charge on any atom is -0.234 e. The van der Waals surface area contributed by atoms with Crippen molar-refractivity contribution in [2.45, 2.75) is 0 Å². The van der Waals surface area contributed by atoms with Crippen LogP contribution in [0.25, 0.3) is 0 Å². The van der Waals surface area contributed by atoms with Gasteiger partial charge in [-0.3, -0.25) is 0 Å². The summed E-state index contributed by atoms with van der Waals surface area (Å²) < 4.78 is 19.0. The van der Waals surface area contributed by atoms with E-state index < -0.39 is 6.13 Å². The van der Waals surface area contributed by atoms with Crippen LogP contribution in [0.5, 0.6) is 0 Å². The Kier molecular flexibility index (Phi) is 45.9. The van der Waals surface area contributed by atoms with E-state index in [2.05, 4.69) is 23.6 Å². The largest absolute Gasteiger partial charge is 0.234 e. The topological polar surface area (TPSA) is 0 Å². The fourth-order valence-corrected chi connectivity index (χ4v) is 0. The van der Waals surface area contributed by atoms with Gasteiger partial charge in [-0.05, 0) is 0 Å². The second-order valence-corrected chi connectivity index (χ2v) is 0.303. The molecule has 0 aromatic rings. The summed E-state index contributed by atoms with van der Waals surface area (Å²) in [6.45, 7) is 0. The third-order valence-corrected chi connectivity index (χ3v) is 0. The molecule has 5 heavy (non-hydrogen) atoms. The third kappa shape index (κ3) is 137. The van der Waals surface area contributed by atoms with Gasteiger partial charge < -0.3 is 0 Å². The van der Waals surface area contributed by atoms with Crippen molar-refractivity contribution >= 4 is 23.6 Å². The van der Waals surface area contributed by atoms with Gasteiger partial charge >= 0.3 is 0 Å². The SMILES string of the molecule is FCCl.FCl. The molecule has 0 heterocycles. The predicted octanol–water partition coefficient (Wildman–Crippen LogP) is 2.26. The second kappa shape index (κ2) is 25.3. The Morgan fingerprint density at radius 3 is 1.40 bits per heavy atom. The number of halogens is 4. The quantitative estimate of drug-likeness (QED) is 0.433. The molecule has 0 fully saturated rings. The number of rotatable bonds is 0. The summed E-state index contributed by atoms with van der Waals surface area (Å²) in [5.74, 6) is 0. The maximum Gasteiger partial charge on any atom is 0.163 e. The first kappa shape index (κ1) is 9.06. The lowest BCUT2D eigenvalue weighted by atomic mass is 11.8. The number of hydrogen-bond acceptors (Lipinski definition) is 0. The van der Waals surface area contributed by atoms with Gasteiger partial charge in [-0.2, -0.15) is 0 Å². The average Bonchev–Trinajstić information content (AvgIpc) is 1.46. The standard InChI is InChI=1S/CH2ClF.ClF/c2-1-3;1-2/h1H2;. The minimum atomic E-state index is -0.778. The van der Waals surface area contributed by atoms with E-state index in [-0.39, 0.29) is 0 Å². The van der Waals surface area contributed by atoms with Crippen molar-refractivity contribution in [1.29, 1.82) is 0 Å². The molecule has 4 heteroatoms. The summed E-state index contributed by atoms with van der Waals surface area (Å²) in [7, 11) is 0. The van der Waals surface area contributed by atoms with E-state index in [9.17, 15) is 4.39 Å². The highest BCUT2D eigenvalue weighted by Crippen LogP contribution is 1.65. The van der Waals surface area contributed by atoms with Gasteiger partial charge in [-0.1, -0.05) is 11.6 Å². The van der Waals surface area contributed by atoms with E-state index in [0.29, 0.717) is 0 Å².